The van der Waals surface area contributed by atoms with Gasteiger partial charge in [0.2, 0.25) is 5.91 Å². The Morgan fingerprint density at radius 1 is 1.00 bits per heavy atom. The van der Waals surface area contributed by atoms with E-state index in [1.807, 2.05) is 30.3 Å². The van der Waals surface area contributed by atoms with Crippen molar-refractivity contribution in [3.63, 3.8) is 0 Å². The summed E-state index contributed by atoms with van der Waals surface area (Å²) in [5.74, 6) is 4.02. The molecule has 0 aliphatic heterocycles. The minimum absolute atomic E-state index is 0.139. The topological polar surface area (TPSA) is 113 Å². The number of nitrogens with one attached hydrogen (secondary N) is 2. The fourth-order valence-electron chi connectivity index (χ4n) is 3.22. The van der Waals surface area contributed by atoms with Crippen LogP contribution in [0.1, 0.15) is 15.9 Å². The molecule has 0 bridgehead atoms. The highest BCUT2D eigenvalue weighted by Gasteiger charge is 2.24. The van der Waals surface area contributed by atoms with E-state index in [0.717, 1.165) is 5.56 Å². The van der Waals surface area contributed by atoms with Gasteiger partial charge in [-0.1, -0.05) is 48.5 Å². The number of nitrogens with two attached hydrogens (primary N) is 2. The van der Waals surface area contributed by atoms with Gasteiger partial charge in [-0.25, -0.2) is 10.2 Å². The van der Waals surface area contributed by atoms with Gasteiger partial charge in [-0.15, -0.1) is 0 Å². The molecule has 1 atom stereocenters. The average Bonchev–Trinajstić information content (AvgIpc) is 2.74. The number of amides is 2. The monoisotopic (exact) mass is 421 g/mol. The first kappa shape index (κ1) is 21.8. The second-order valence-electron chi connectivity index (χ2n) is 7.04. The second-order valence-corrected chi connectivity index (χ2v) is 7.04. The number of rotatable bonds is 7. The van der Waals surface area contributed by atoms with E-state index in [2.05, 4.69) is 10.6 Å². The SMILES string of the molecule is CN(N)c1c(N)cccc1NC(=O)C(Cc1ccccc1)NC(=O)c1ccccc1F. The third-order valence-corrected chi connectivity index (χ3v) is 4.70. The van der Waals surface area contributed by atoms with E-state index in [4.69, 9.17) is 11.6 Å². The molecule has 0 saturated heterocycles. The number of carbonyl (C=O) groups is 2. The number of hydrogen-bond donors (Lipinski definition) is 4. The van der Waals surface area contributed by atoms with Crippen molar-refractivity contribution in [2.45, 2.75) is 12.5 Å². The number of hydrazine groups is 1. The van der Waals surface area contributed by atoms with E-state index in [1.54, 1.807) is 31.3 Å². The summed E-state index contributed by atoms with van der Waals surface area (Å²) in [5.41, 5.74) is 7.90. The molecule has 0 aliphatic rings. The zero-order valence-electron chi connectivity index (χ0n) is 17.0. The molecule has 7 nitrogen and oxygen atoms in total. The molecule has 0 heterocycles. The zero-order chi connectivity index (χ0) is 22.4. The Balaban J connectivity index is 1.87. The van der Waals surface area contributed by atoms with Crippen molar-refractivity contribution in [1.29, 1.82) is 0 Å². The van der Waals surface area contributed by atoms with Crippen LogP contribution in [0, 0.1) is 5.82 Å². The largest absolute Gasteiger partial charge is 0.397 e. The lowest BCUT2D eigenvalue weighted by Gasteiger charge is -2.23. The number of anilines is 3. The van der Waals surface area contributed by atoms with Crippen molar-refractivity contribution < 1.29 is 14.0 Å². The summed E-state index contributed by atoms with van der Waals surface area (Å²) >= 11 is 0. The van der Waals surface area contributed by atoms with Gasteiger partial charge >= 0.3 is 0 Å². The van der Waals surface area contributed by atoms with Crippen LogP contribution in [0.5, 0.6) is 0 Å². The Labute approximate surface area is 179 Å². The molecule has 0 fully saturated rings. The summed E-state index contributed by atoms with van der Waals surface area (Å²) in [6.45, 7) is 0. The zero-order valence-corrected chi connectivity index (χ0v) is 17.0. The van der Waals surface area contributed by atoms with Gasteiger partial charge < -0.3 is 21.4 Å². The van der Waals surface area contributed by atoms with Gasteiger partial charge in [0.1, 0.15) is 11.9 Å². The Hall–Kier alpha value is -3.91. The van der Waals surface area contributed by atoms with E-state index in [0.29, 0.717) is 17.1 Å². The third kappa shape index (κ3) is 5.37. The molecule has 1 unspecified atom stereocenters. The summed E-state index contributed by atoms with van der Waals surface area (Å²) < 4.78 is 14.1. The van der Waals surface area contributed by atoms with Crippen LogP contribution in [0.3, 0.4) is 0 Å². The molecule has 31 heavy (non-hydrogen) atoms. The predicted molar refractivity (Wildman–Crippen MR) is 120 cm³/mol. The fourth-order valence-corrected chi connectivity index (χ4v) is 3.22. The van der Waals surface area contributed by atoms with Crippen LogP contribution in [0.15, 0.2) is 72.8 Å². The van der Waals surface area contributed by atoms with Crippen LogP contribution < -0.4 is 27.2 Å². The van der Waals surface area contributed by atoms with Crippen LogP contribution in [-0.2, 0) is 11.2 Å². The summed E-state index contributed by atoms with van der Waals surface area (Å²) in [6, 6.07) is 18.8. The first-order valence-corrected chi connectivity index (χ1v) is 9.64. The molecule has 3 aromatic rings. The molecule has 3 aromatic carbocycles. The molecule has 160 valence electrons. The Bertz CT molecular complexity index is 1070. The van der Waals surface area contributed by atoms with E-state index in [9.17, 15) is 14.0 Å². The second kappa shape index (κ2) is 9.73. The van der Waals surface area contributed by atoms with Crippen molar-refractivity contribution in [2.75, 3.05) is 23.1 Å². The summed E-state index contributed by atoms with van der Waals surface area (Å²) in [6.07, 6.45) is 0.211. The lowest BCUT2D eigenvalue weighted by Crippen LogP contribution is -2.45. The first-order chi connectivity index (χ1) is 14.9. The van der Waals surface area contributed by atoms with E-state index < -0.39 is 23.7 Å². The van der Waals surface area contributed by atoms with E-state index in [1.165, 1.54) is 23.2 Å². The molecule has 0 saturated carbocycles. The minimum Gasteiger partial charge on any atom is -0.397 e. The van der Waals surface area contributed by atoms with Crippen LogP contribution >= 0.6 is 0 Å². The van der Waals surface area contributed by atoms with Crippen LogP contribution in [0.4, 0.5) is 21.5 Å². The van der Waals surface area contributed by atoms with Crippen LogP contribution in [0.25, 0.3) is 0 Å². The van der Waals surface area contributed by atoms with Crippen molar-refractivity contribution in [3.05, 3.63) is 89.7 Å². The van der Waals surface area contributed by atoms with Gasteiger partial charge in [0.05, 0.1) is 22.6 Å². The van der Waals surface area contributed by atoms with Gasteiger partial charge in [-0.2, -0.15) is 0 Å². The average molecular weight is 421 g/mol. The van der Waals surface area contributed by atoms with Gasteiger partial charge in [0.15, 0.2) is 0 Å². The Kier molecular flexibility index (Phi) is 6.84. The molecule has 0 aliphatic carbocycles. The molecule has 3 rings (SSSR count). The summed E-state index contributed by atoms with van der Waals surface area (Å²) in [4.78, 5) is 25.8. The standard InChI is InChI=1S/C23H24FN5O2/c1-29(26)21-18(25)12-7-13-19(21)27-23(31)20(14-15-8-3-2-4-9-15)28-22(30)16-10-5-6-11-17(16)24/h2-13,20H,14,25-26H2,1H3,(H,27,31)(H,28,30). The fraction of sp³-hybridized carbons (Fsp3) is 0.130. The maximum absolute atomic E-state index is 14.1. The number of nitrogen functional groups attached to an aromatic ring is 1. The van der Waals surface area contributed by atoms with Crippen LogP contribution in [0.2, 0.25) is 0 Å². The van der Waals surface area contributed by atoms with Crippen molar-refractivity contribution in [2.24, 2.45) is 5.84 Å². The highest BCUT2D eigenvalue weighted by atomic mass is 19.1. The smallest absolute Gasteiger partial charge is 0.254 e. The quantitative estimate of drug-likeness (QED) is 0.266. The number of nitrogens with zero attached hydrogens (tertiary/aromatic N) is 1. The Morgan fingerprint density at radius 3 is 2.35 bits per heavy atom. The highest BCUT2D eigenvalue weighted by Crippen LogP contribution is 2.30. The van der Waals surface area contributed by atoms with Gasteiger partial charge in [-0.3, -0.25) is 9.59 Å². The number of hydrogen-bond acceptors (Lipinski definition) is 5. The van der Waals surface area contributed by atoms with Gasteiger partial charge in [0.25, 0.3) is 5.91 Å². The number of para-hydroxylation sites is 1. The summed E-state index contributed by atoms with van der Waals surface area (Å²) in [7, 11) is 1.60. The van der Waals surface area contributed by atoms with Crippen molar-refractivity contribution >= 4 is 28.9 Å². The number of carbonyl (C=O) groups excluding carboxylic acids is 2. The predicted octanol–water partition coefficient (Wildman–Crippen LogP) is 2.70. The Morgan fingerprint density at radius 2 is 1.68 bits per heavy atom. The number of benzene rings is 3. The van der Waals surface area contributed by atoms with Crippen molar-refractivity contribution in [3.8, 4) is 0 Å². The third-order valence-electron chi connectivity index (χ3n) is 4.70. The van der Waals surface area contributed by atoms with Crippen molar-refractivity contribution in [1.82, 2.24) is 5.32 Å². The maximum atomic E-state index is 14.1. The van der Waals surface area contributed by atoms with Gasteiger partial charge in [-0.05, 0) is 29.8 Å². The molecule has 2 amide bonds. The lowest BCUT2D eigenvalue weighted by molar-refractivity contribution is -0.118. The van der Waals surface area contributed by atoms with E-state index in [-0.39, 0.29) is 12.0 Å². The highest BCUT2D eigenvalue weighted by molar-refractivity contribution is 6.03. The molecule has 0 aromatic heterocycles. The molecule has 0 spiro atoms. The summed E-state index contributed by atoms with van der Waals surface area (Å²) in [5, 5.41) is 6.71. The number of halogens is 1. The molecule has 6 N–H and O–H groups in total. The molecular formula is C23H24FN5O2. The lowest BCUT2D eigenvalue weighted by atomic mass is 10.0. The maximum Gasteiger partial charge on any atom is 0.254 e. The van der Waals surface area contributed by atoms with E-state index >= 15 is 0 Å². The van der Waals surface area contributed by atoms with Crippen LogP contribution in [-0.4, -0.2) is 24.9 Å². The molecule has 8 heteroatoms. The molecule has 0 radical (unpaired) electrons. The molecular weight excluding hydrogens is 397 g/mol. The normalized spacial score (nSPS) is 11.5. The first-order valence-electron chi connectivity index (χ1n) is 9.64. The van der Waals surface area contributed by atoms with Gasteiger partial charge in [0, 0.05) is 13.5 Å². The minimum atomic E-state index is -0.966.